The third kappa shape index (κ3) is 5.08. The summed E-state index contributed by atoms with van der Waals surface area (Å²) >= 11 is 0. The van der Waals surface area contributed by atoms with E-state index in [2.05, 4.69) is 23.2 Å². The number of carbonyl (C=O) groups excluding carboxylic acids is 3. The predicted molar refractivity (Wildman–Crippen MR) is 141 cm³/mol. The first kappa shape index (κ1) is 26.3. The lowest BCUT2D eigenvalue weighted by Crippen LogP contribution is -2.45. The fraction of sp³-hybridized carbons (Fsp3) is 0.690. The van der Waals surface area contributed by atoms with E-state index in [1.165, 1.54) is 5.56 Å². The van der Waals surface area contributed by atoms with Crippen molar-refractivity contribution in [2.45, 2.75) is 81.9 Å². The van der Waals surface area contributed by atoms with Gasteiger partial charge in [0.2, 0.25) is 11.8 Å². The highest BCUT2D eigenvalue weighted by molar-refractivity contribution is 5.99. The minimum Gasteiger partial charge on any atom is -0.366 e. The van der Waals surface area contributed by atoms with Crippen molar-refractivity contribution >= 4 is 17.6 Å². The molecule has 0 radical (unpaired) electrons. The van der Waals surface area contributed by atoms with E-state index in [9.17, 15) is 14.4 Å². The van der Waals surface area contributed by atoms with Crippen LogP contribution in [-0.2, 0) is 14.3 Å². The maximum atomic E-state index is 14.4. The molecule has 1 aromatic rings. The molecule has 3 N–H and O–H groups in total. The Bertz CT molecular complexity index is 1020. The summed E-state index contributed by atoms with van der Waals surface area (Å²) in [6, 6.07) is 5.35. The number of hydrogen-bond donors (Lipinski definition) is 2. The van der Waals surface area contributed by atoms with Crippen LogP contribution in [0.4, 0.5) is 0 Å². The summed E-state index contributed by atoms with van der Waals surface area (Å²) in [5.41, 5.74) is 8.27. The number of primary amides is 1. The molecule has 4 fully saturated rings. The van der Waals surface area contributed by atoms with Gasteiger partial charge in [-0.25, -0.2) is 0 Å². The summed E-state index contributed by atoms with van der Waals surface area (Å²) in [6.45, 7) is 5.96. The van der Waals surface area contributed by atoms with Crippen molar-refractivity contribution in [3.05, 3.63) is 34.9 Å². The second-order valence-electron chi connectivity index (χ2n) is 11.4. The number of carbonyl (C=O) groups is 3. The third-order valence-corrected chi connectivity index (χ3v) is 9.25. The van der Waals surface area contributed by atoms with Crippen LogP contribution in [0.2, 0.25) is 0 Å². The zero-order valence-electron chi connectivity index (χ0n) is 22.3. The number of fused-ring (bicyclic) bond motifs is 1. The average molecular weight is 511 g/mol. The summed E-state index contributed by atoms with van der Waals surface area (Å²) in [7, 11) is 1.84. The smallest absolute Gasteiger partial charge is 0.249 e. The van der Waals surface area contributed by atoms with E-state index in [0.717, 1.165) is 70.1 Å². The van der Waals surface area contributed by atoms with Crippen LogP contribution in [0, 0.1) is 5.92 Å². The van der Waals surface area contributed by atoms with Gasteiger partial charge in [0.1, 0.15) is 18.8 Å². The van der Waals surface area contributed by atoms with Crippen LogP contribution in [0.25, 0.3) is 0 Å². The molecule has 8 nitrogen and oxygen atoms in total. The molecular formula is C29H42N4O4. The van der Waals surface area contributed by atoms with E-state index in [1.807, 2.05) is 19.2 Å². The molecule has 3 aliphatic heterocycles. The number of likely N-dealkylation sites (tertiary alicyclic amines) is 2. The van der Waals surface area contributed by atoms with Crippen molar-refractivity contribution in [1.29, 1.82) is 0 Å². The number of likely N-dealkylation sites (N-methyl/N-ethyl adjacent to an activating group) is 1. The number of nitrogens with zero attached hydrogens (tertiary/aromatic N) is 2. The van der Waals surface area contributed by atoms with E-state index in [-0.39, 0.29) is 36.4 Å². The summed E-state index contributed by atoms with van der Waals surface area (Å²) in [5, 5.41) is 3.23. The van der Waals surface area contributed by atoms with Crippen LogP contribution < -0.4 is 11.1 Å². The summed E-state index contributed by atoms with van der Waals surface area (Å²) in [6.07, 6.45) is 7.01. The largest absolute Gasteiger partial charge is 0.366 e. The number of rotatable bonds is 8. The quantitative estimate of drug-likeness (QED) is 0.557. The van der Waals surface area contributed by atoms with E-state index < -0.39 is 17.9 Å². The van der Waals surface area contributed by atoms with Gasteiger partial charge in [0.05, 0.1) is 12.0 Å². The highest BCUT2D eigenvalue weighted by Crippen LogP contribution is 2.43. The van der Waals surface area contributed by atoms with Gasteiger partial charge >= 0.3 is 0 Å². The lowest BCUT2D eigenvalue weighted by molar-refractivity contribution is -0.138. The van der Waals surface area contributed by atoms with Gasteiger partial charge in [0.25, 0.3) is 0 Å². The molecule has 0 aromatic heterocycles. The maximum Gasteiger partial charge on any atom is 0.249 e. The number of benzene rings is 1. The zero-order chi connectivity index (χ0) is 26.1. The molecule has 1 aliphatic carbocycles. The third-order valence-electron chi connectivity index (χ3n) is 9.25. The molecule has 0 unspecified atom stereocenters. The number of ketones is 1. The fourth-order valence-corrected chi connectivity index (χ4v) is 7.32. The second kappa shape index (κ2) is 11.2. The first-order valence-electron chi connectivity index (χ1n) is 14.2. The standard InChI is InChI=1S/C29H42N4O4/c1-3-12-32-13-10-18(11-14-32)20-8-9-21(28(30)35)22(15-20)25(19-6-4-5-7-19)29(36)33-16-23(31-2)27-26(33)24(34)17-37-27/h8-9,15,18-19,23,25-27,31H,3-7,10-14,16-17H2,1-2H3,(H2,30,35)/t23-,25-,26+,27+/m0/s1. The predicted octanol–water partition coefficient (Wildman–Crippen LogP) is 2.42. The zero-order valence-corrected chi connectivity index (χ0v) is 22.3. The minimum atomic E-state index is -0.558. The molecule has 1 aromatic carbocycles. The van der Waals surface area contributed by atoms with E-state index in [1.54, 1.807) is 4.90 Å². The molecule has 37 heavy (non-hydrogen) atoms. The number of Topliss-reactive ketones (excluding diaryl/α,β-unsaturated/α-hetero) is 1. The van der Waals surface area contributed by atoms with Gasteiger partial charge in [-0.3, -0.25) is 14.4 Å². The molecule has 4 atom stereocenters. The SMILES string of the molecule is CCCN1CCC(c2ccc(C(N)=O)c([C@@H](C(=O)N3C[C@H](NC)[C@H]4OCC(=O)[C@H]43)C3CCCC3)c2)CC1. The lowest BCUT2D eigenvalue weighted by Gasteiger charge is -2.34. The molecule has 5 rings (SSSR count). The molecule has 0 spiro atoms. The Morgan fingerprint density at radius 2 is 1.89 bits per heavy atom. The van der Waals surface area contributed by atoms with Gasteiger partial charge in [-0.2, -0.15) is 0 Å². The summed E-state index contributed by atoms with van der Waals surface area (Å²) < 4.78 is 5.79. The molecular weight excluding hydrogens is 468 g/mol. The Morgan fingerprint density at radius 1 is 1.16 bits per heavy atom. The van der Waals surface area contributed by atoms with Crippen molar-refractivity contribution in [3.63, 3.8) is 0 Å². The number of piperidine rings is 1. The van der Waals surface area contributed by atoms with Gasteiger partial charge in [-0.15, -0.1) is 0 Å². The molecule has 3 saturated heterocycles. The van der Waals surface area contributed by atoms with E-state index in [4.69, 9.17) is 10.5 Å². The topological polar surface area (TPSA) is 105 Å². The van der Waals surface area contributed by atoms with Gasteiger partial charge in [0.15, 0.2) is 5.78 Å². The first-order valence-corrected chi connectivity index (χ1v) is 14.2. The Hall–Kier alpha value is -2.29. The van der Waals surface area contributed by atoms with Crippen molar-refractivity contribution in [2.75, 3.05) is 39.8 Å². The number of ether oxygens (including phenoxy) is 1. The normalized spacial score (nSPS) is 28.1. The molecule has 3 heterocycles. The Balaban J connectivity index is 1.49. The van der Waals surface area contributed by atoms with Crippen LogP contribution in [0.15, 0.2) is 18.2 Å². The van der Waals surface area contributed by atoms with Crippen molar-refractivity contribution in [3.8, 4) is 0 Å². The van der Waals surface area contributed by atoms with Crippen LogP contribution in [0.1, 0.15) is 85.2 Å². The van der Waals surface area contributed by atoms with Crippen molar-refractivity contribution in [1.82, 2.24) is 15.1 Å². The maximum absolute atomic E-state index is 14.4. The lowest BCUT2D eigenvalue weighted by atomic mass is 9.78. The van der Waals surface area contributed by atoms with Crippen LogP contribution in [0.5, 0.6) is 0 Å². The Morgan fingerprint density at radius 3 is 2.54 bits per heavy atom. The number of amides is 2. The van der Waals surface area contributed by atoms with Crippen LogP contribution >= 0.6 is 0 Å². The Labute approximate surface area is 220 Å². The van der Waals surface area contributed by atoms with Crippen LogP contribution in [-0.4, -0.2) is 85.4 Å². The molecule has 1 saturated carbocycles. The first-order chi connectivity index (χ1) is 17.9. The molecule has 8 heteroatoms. The molecule has 0 bridgehead atoms. The summed E-state index contributed by atoms with van der Waals surface area (Å²) in [5.74, 6) is -0.531. The number of nitrogens with one attached hydrogen (secondary N) is 1. The average Bonchev–Trinajstić information content (AvgIpc) is 3.64. The number of nitrogens with two attached hydrogens (primary N) is 1. The van der Waals surface area contributed by atoms with E-state index in [0.29, 0.717) is 18.0 Å². The van der Waals surface area contributed by atoms with Gasteiger partial charge in [-0.05, 0) is 87.8 Å². The van der Waals surface area contributed by atoms with Crippen molar-refractivity contribution < 1.29 is 19.1 Å². The fourth-order valence-electron chi connectivity index (χ4n) is 7.32. The van der Waals surface area contributed by atoms with Gasteiger partial charge in [-0.1, -0.05) is 31.9 Å². The molecule has 202 valence electrons. The van der Waals surface area contributed by atoms with Gasteiger partial charge in [0, 0.05) is 12.1 Å². The molecule has 4 aliphatic rings. The minimum absolute atomic E-state index is 0.0380. The number of hydrogen-bond acceptors (Lipinski definition) is 6. The highest BCUT2D eigenvalue weighted by atomic mass is 16.5. The van der Waals surface area contributed by atoms with E-state index >= 15 is 0 Å². The van der Waals surface area contributed by atoms with Crippen molar-refractivity contribution in [2.24, 2.45) is 11.7 Å². The van der Waals surface area contributed by atoms with Gasteiger partial charge < -0.3 is 25.6 Å². The highest BCUT2D eigenvalue weighted by Gasteiger charge is 2.53. The Kier molecular flexibility index (Phi) is 7.98. The molecule has 2 amide bonds. The summed E-state index contributed by atoms with van der Waals surface area (Å²) in [4.78, 5) is 44.1. The second-order valence-corrected chi connectivity index (χ2v) is 11.4. The monoisotopic (exact) mass is 510 g/mol. The van der Waals surface area contributed by atoms with Crippen LogP contribution in [0.3, 0.4) is 0 Å².